The zero-order chi connectivity index (χ0) is 17.2. The highest BCUT2D eigenvalue weighted by molar-refractivity contribution is 6.02. The minimum atomic E-state index is -0.305. The maximum Gasteiger partial charge on any atom is 0.275 e. The first kappa shape index (κ1) is 15.4. The molecule has 3 heterocycles. The number of carbonyl (C=O) groups is 1. The van der Waals surface area contributed by atoms with Gasteiger partial charge in [-0.3, -0.25) is 9.78 Å². The summed E-state index contributed by atoms with van der Waals surface area (Å²) in [6.07, 6.45) is 3.82. The number of amides is 1. The molecule has 0 unspecified atom stereocenters. The molecular weight excluding hydrogens is 316 g/mol. The Kier molecular flexibility index (Phi) is 3.93. The molecule has 0 saturated carbocycles. The number of anilines is 3. The zero-order valence-electron chi connectivity index (χ0n) is 13.9. The van der Waals surface area contributed by atoms with E-state index in [4.69, 9.17) is 4.52 Å². The standard InChI is InChI=1S/C19H18N4O2/c1-13-11-18(22-25-13)21-19(24)16-12-15(8-9-20-16)23-10-4-6-14-5-2-3-7-17(14)23/h2-3,5,7-9,11-12H,4,6,10H2,1H3,(H,21,22,24). The van der Waals surface area contributed by atoms with E-state index in [1.807, 2.05) is 18.2 Å². The molecule has 1 aliphatic heterocycles. The average Bonchev–Trinajstić information content (AvgIpc) is 3.06. The molecule has 1 N–H and O–H groups in total. The summed E-state index contributed by atoms with van der Waals surface area (Å²) >= 11 is 0. The molecule has 1 aromatic carbocycles. The minimum Gasteiger partial charge on any atom is -0.360 e. The SMILES string of the molecule is Cc1cc(NC(=O)c2cc(N3CCCc4ccccc43)ccn2)no1. The first-order valence-electron chi connectivity index (χ1n) is 8.27. The Morgan fingerprint density at radius 3 is 2.96 bits per heavy atom. The third kappa shape index (κ3) is 3.10. The Morgan fingerprint density at radius 1 is 1.24 bits per heavy atom. The van der Waals surface area contributed by atoms with E-state index in [-0.39, 0.29) is 5.91 Å². The summed E-state index contributed by atoms with van der Waals surface area (Å²) in [4.78, 5) is 18.9. The third-order valence-corrected chi connectivity index (χ3v) is 4.27. The predicted octanol–water partition coefficient (Wildman–Crippen LogP) is 3.71. The van der Waals surface area contributed by atoms with Gasteiger partial charge in [0.25, 0.3) is 5.91 Å². The molecule has 0 bridgehead atoms. The van der Waals surface area contributed by atoms with Crippen molar-refractivity contribution in [3.8, 4) is 0 Å². The fourth-order valence-electron chi connectivity index (χ4n) is 3.12. The Labute approximate surface area is 145 Å². The van der Waals surface area contributed by atoms with Gasteiger partial charge in [-0.1, -0.05) is 23.4 Å². The van der Waals surface area contributed by atoms with Crippen molar-refractivity contribution < 1.29 is 9.32 Å². The van der Waals surface area contributed by atoms with Gasteiger partial charge in [0.1, 0.15) is 11.5 Å². The van der Waals surface area contributed by atoms with Gasteiger partial charge in [0.2, 0.25) is 0 Å². The number of aromatic nitrogens is 2. The van der Waals surface area contributed by atoms with E-state index in [1.54, 1.807) is 19.2 Å². The summed E-state index contributed by atoms with van der Waals surface area (Å²) in [5, 5.41) is 6.48. The molecule has 0 spiro atoms. The molecule has 1 amide bonds. The molecule has 6 nitrogen and oxygen atoms in total. The smallest absolute Gasteiger partial charge is 0.275 e. The fourth-order valence-corrected chi connectivity index (χ4v) is 3.12. The molecule has 1 aliphatic rings. The number of para-hydroxylation sites is 1. The second-order valence-corrected chi connectivity index (χ2v) is 6.06. The van der Waals surface area contributed by atoms with Gasteiger partial charge in [0.15, 0.2) is 5.82 Å². The van der Waals surface area contributed by atoms with E-state index in [2.05, 4.69) is 38.6 Å². The molecule has 0 fully saturated rings. The van der Waals surface area contributed by atoms with E-state index in [9.17, 15) is 4.79 Å². The lowest BCUT2D eigenvalue weighted by atomic mass is 10.0. The van der Waals surface area contributed by atoms with Crippen molar-refractivity contribution in [1.82, 2.24) is 10.1 Å². The highest BCUT2D eigenvalue weighted by Crippen LogP contribution is 2.33. The number of nitrogens with one attached hydrogen (secondary N) is 1. The lowest BCUT2D eigenvalue weighted by molar-refractivity contribution is 0.102. The normalized spacial score (nSPS) is 13.4. The van der Waals surface area contributed by atoms with E-state index < -0.39 is 0 Å². The Morgan fingerprint density at radius 2 is 2.12 bits per heavy atom. The first-order chi connectivity index (χ1) is 12.2. The van der Waals surface area contributed by atoms with Crippen LogP contribution in [0.3, 0.4) is 0 Å². The van der Waals surface area contributed by atoms with Gasteiger partial charge in [0, 0.05) is 30.2 Å². The molecule has 0 radical (unpaired) electrons. The van der Waals surface area contributed by atoms with E-state index in [0.717, 1.165) is 25.1 Å². The third-order valence-electron chi connectivity index (χ3n) is 4.27. The van der Waals surface area contributed by atoms with Gasteiger partial charge in [-0.25, -0.2) is 0 Å². The van der Waals surface area contributed by atoms with E-state index in [0.29, 0.717) is 17.3 Å². The lowest BCUT2D eigenvalue weighted by Gasteiger charge is -2.31. The molecule has 25 heavy (non-hydrogen) atoms. The van der Waals surface area contributed by atoms with Crippen molar-refractivity contribution in [2.24, 2.45) is 0 Å². The van der Waals surface area contributed by atoms with Crippen molar-refractivity contribution >= 4 is 23.1 Å². The molecular formula is C19H18N4O2. The predicted molar refractivity (Wildman–Crippen MR) is 95.2 cm³/mol. The number of fused-ring (bicyclic) bond motifs is 1. The lowest BCUT2D eigenvalue weighted by Crippen LogP contribution is -2.25. The van der Waals surface area contributed by atoms with Gasteiger partial charge < -0.3 is 14.7 Å². The number of hydrogen-bond acceptors (Lipinski definition) is 5. The van der Waals surface area contributed by atoms with Gasteiger partial charge >= 0.3 is 0 Å². The average molecular weight is 334 g/mol. The van der Waals surface area contributed by atoms with Crippen LogP contribution in [0.5, 0.6) is 0 Å². The number of aryl methyl sites for hydroxylation is 2. The number of rotatable bonds is 3. The summed E-state index contributed by atoms with van der Waals surface area (Å²) < 4.78 is 4.97. The molecule has 0 saturated heterocycles. The van der Waals surface area contributed by atoms with Crippen LogP contribution in [-0.4, -0.2) is 22.6 Å². The summed E-state index contributed by atoms with van der Waals surface area (Å²) in [6.45, 7) is 2.69. The second-order valence-electron chi connectivity index (χ2n) is 6.06. The quantitative estimate of drug-likeness (QED) is 0.790. The summed E-state index contributed by atoms with van der Waals surface area (Å²) in [5.41, 5.74) is 3.83. The molecule has 0 aliphatic carbocycles. The minimum absolute atomic E-state index is 0.305. The Balaban J connectivity index is 1.61. The maximum atomic E-state index is 12.4. The largest absolute Gasteiger partial charge is 0.360 e. The van der Waals surface area contributed by atoms with Crippen molar-refractivity contribution in [2.75, 3.05) is 16.8 Å². The Bertz CT molecular complexity index is 919. The molecule has 4 rings (SSSR count). The van der Waals surface area contributed by atoms with Crippen LogP contribution in [0.25, 0.3) is 0 Å². The summed E-state index contributed by atoms with van der Waals surface area (Å²) in [6, 6.07) is 13.8. The van der Waals surface area contributed by atoms with Crippen molar-refractivity contribution in [3.63, 3.8) is 0 Å². The number of nitrogens with zero attached hydrogens (tertiary/aromatic N) is 3. The number of hydrogen-bond donors (Lipinski definition) is 1. The molecule has 2 aromatic heterocycles. The highest BCUT2D eigenvalue weighted by atomic mass is 16.5. The highest BCUT2D eigenvalue weighted by Gasteiger charge is 2.19. The van der Waals surface area contributed by atoms with Crippen LogP contribution < -0.4 is 10.2 Å². The molecule has 3 aromatic rings. The van der Waals surface area contributed by atoms with Crippen LogP contribution in [0.4, 0.5) is 17.2 Å². The number of carbonyl (C=O) groups excluding carboxylic acids is 1. The van der Waals surface area contributed by atoms with E-state index >= 15 is 0 Å². The number of benzene rings is 1. The molecule has 0 atom stereocenters. The topological polar surface area (TPSA) is 71.3 Å². The monoisotopic (exact) mass is 334 g/mol. The fraction of sp³-hybridized carbons (Fsp3) is 0.211. The van der Waals surface area contributed by atoms with Crippen LogP contribution in [0.15, 0.2) is 53.2 Å². The number of pyridine rings is 1. The zero-order valence-corrected chi connectivity index (χ0v) is 13.9. The molecule has 126 valence electrons. The van der Waals surface area contributed by atoms with Crippen LogP contribution in [0.1, 0.15) is 28.2 Å². The summed E-state index contributed by atoms with van der Waals surface area (Å²) in [5.74, 6) is 0.723. The summed E-state index contributed by atoms with van der Waals surface area (Å²) in [7, 11) is 0. The van der Waals surface area contributed by atoms with Crippen LogP contribution in [0, 0.1) is 6.92 Å². The van der Waals surface area contributed by atoms with Crippen molar-refractivity contribution in [3.05, 3.63) is 65.7 Å². The first-order valence-corrected chi connectivity index (χ1v) is 8.27. The van der Waals surface area contributed by atoms with Crippen LogP contribution in [0.2, 0.25) is 0 Å². The van der Waals surface area contributed by atoms with E-state index in [1.165, 1.54) is 11.3 Å². The molecule has 6 heteroatoms. The van der Waals surface area contributed by atoms with Gasteiger partial charge in [0.05, 0.1) is 0 Å². The van der Waals surface area contributed by atoms with Crippen molar-refractivity contribution in [2.45, 2.75) is 19.8 Å². The van der Waals surface area contributed by atoms with Gasteiger partial charge in [-0.05, 0) is 43.5 Å². The van der Waals surface area contributed by atoms with Crippen LogP contribution in [-0.2, 0) is 6.42 Å². The maximum absolute atomic E-state index is 12.4. The van der Waals surface area contributed by atoms with Crippen LogP contribution >= 0.6 is 0 Å². The van der Waals surface area contributed by atoms with Gasteiger partial charge in [-0.2, -0.15) is 0 Å². The van der Waals surface area contributed by atoms with Crippen molar-refractivity contribution in [1.29, 1.82) is 0 Å². The Hall–Kier alpha value is -3.15. The second kappa shape index (κ2) is 6.39. The van der Waals surface area contributed by atoms with Gasteiger partial charge in [-0.15, -0.1) is 0 Å².